The van der Waals surface area contributed by atoms with Gasteiger partial charge in [-0.2, -0.15) is 0 Å². The van der Waals surface area contributed by atoms with E-state index in [-0.39, 0.29) is 17.0 Å². The van der Waals surface area contributed by atoms with Gasteiger partial charge < -0.3 is 22.3 Å². The highest BCUT2D eigenvalue weighted by Crippen LogP contribution is 2.04. The normalized spacial score (nSPS) is 8.75. The van der Waals surface area contributed by atoms with Gasteiger partial charge in [-0.15, -0.1) is 0 Å². The highest BCUT2D eigenvalue weighted by molar-refractivity contribution is 5.77. The second-order valence-corrected chi connectivity index (χ2v) is 2.35. The van der Waals surface area contributed by atoms with E-state index < -0.39 is 0 Å². The average molecular weight is 229 g/mol. The van der Waals surface area contributed by atoms with Gasteiger partial charge in [-0.25, -0.2) is 0 Å². The Kier molecular flexibility index (Phi) is 5.58. The summed E-state index contributed by atoms with van der Waals surface area (Å²) in [4.78, 5) is 10.5. The number of nitrogens with one attached hydrogen (secondary N) is 1. The van der Waals surface area contributed by atoms with Crippen molar-refractivity contribution in [2.75, 3.05) is 7.05 Å². The van der Waals surface area contributed by atoms with Crippen LogP contribution in [0.1, 0.15) is 15.9 Å². The minimum absolute atomic E-state index is 0. The third-order valence-corrected chi connectivity index (χ3v) is 1.55. The molecule has 3 heteroatoms. The van der Waals surface area contributed by atoms with Crippen LogP contribution in [0.4, 0.5) is 0 Å². The minimum Gasteiger partial charge on any atom is -1.00 e. The topological polar surface area (TPSA) is 29.1 Å². The van der Waals surface area contributed by atoms with Gasteiger partial charge in [-0.05, 0) is 12.6 Å². The molecule has 66 valence electrons. The number of hydrogen-bond acceptors (Lipinski definition) is 2. The number of halogens is 1. The van der Waals surface area contributed by atoms with Crippen LogP contribution in [-0.4, -0.2) is 13.3 Å². The van der Waals surface area contributed by atoms with Gasteiger partial charge in [-0.3, -0.25) is 4.79 Å². The lowest BCUT2D eigenvalue weighted by Gasteiger charge is -2.01. The van der Waals surface area contributed by atoms with Gasteiger partial charge in [0.25, 0.3) is 0 Å². The highest BCUT2D eigenvalue weighted by Gasteiger charge is 1.96. The summed E-state index contributed by atoms with van der Waals surface area (Å²) in [5.74, 6) is 0. The molecule has 0 unspecified atom stereocenters. The fourth-order valence-electron chi connectivity index (χ4n) is 1.00. The van der Waals surface area contributed by atoms with Crippen molar-refractivity contribution in [2.45, 2.75) is 6.54 Å². The quantitative estimate of drug-likeness (QED) is 0.621. The lowest BCUT2D eigenvalue weighted by Crippen LogP contribution is -3.00. The fraction of sp³-hybridized carbons (Fsp3) is 0.222. The van der Waals surface area contributed by atoms with Crippen LogP contribution in [0.5, 0.6) is 0 Å². The first kappa shape index (κ1) is 11.3. The first-order valence-corrected chi connectivity index (χ1v) is 3.56. The van der Waals surface area contributed by atoms with Crippen molar-refractivity contribution in [3.63, 3.8) is 0 Å². The molecule has 0 amide bonds. The summed E-state index contributed by atoms with van der Waals surface area (Å²) in [7, 11) is 1.86. The van der Waals surface area contributed by atoms with E-state index in [9.17, 15) is 4.79 Å². The zero-order chi connectivity index (χ0) is 8.10. The van der Waals surface area contributed by atoms with Crippen molar-refractivity contribution >= 4 is 6.29 Å². The third-order valence-electron chi connectivity index (χ3n) is 1.55. The number of carbonyl (C=O) groups is 1. The van der Waals surface area contributed by atoms with Gasteiger partial charge in [0.2, 0.25) is 0 Å². The molecule has 0 spiro atoms. The summed E-state index contributed by atoms with van der Waals surface area (Å²) in [6.45, 7) is 0.745. The third kappa shape index (κ3) is 2.75. The van der Waals surface area contributed by atoms with Gasteiger partial charge >= 0.3 is 0 Å². The van der Waals surface area contributed by atoms with E-state index >= 15 is 0 Å². The molecule has 2 nitrogen and oxygen atoms in total. The largest absolute Gasteiger partial charge is 1.00 e. The van der Waals surface area contributed by atoms with Gasteiger partial charge in [0.1, 0.15) is 6.29 Å². The van der Waals surface area contributed by atoms with E-state index in [0.717, 1.165) is 24.0 Å². The van der Waals surface area contributed by atoms with Crippen molar-refractivity contribution in [3.05, 3.63) is 35.4 Å². The fourth-order valence-corrected chi connectivity index (χ4v) is 1.00. The van der Waals surface area contributed by atoms with Crippen LogP contribution in [-0.2, 0) is 6.54 Å². The molecule has 0 aromatic heterocycles. The second kappa shape index (κ2) is 5.91. The lowest BCUT2D eigenvalue weighted by atomic mass is 10.1. The smallest absolute Gasteiger partial charge is 0.150 e. The molecule has 0 heterocycles. The Morgan fingerprint density at radius 3 is 2.67 bits per heavy atom. The SMILES string of the molecule is CNCc1ccccc1C=O.[Br-]. The molecule has 1 aromatic carbocycles. The zero-order valence-corrected chi connectivity index (χ0v) is 8.47. The van der Waals surface area contributed by atoms with Gasteiger partial charge in [-0.1, -0.05) is 24.3 Å². The molecule has 1 rings (SSSR count). The van der Waals surface area contributed by atoms with E-state index in [1.807, 2.05) is 31.3 Å². The second-order valence-electron chi connectivity index (χ2n) is 2.35. The Morgan fingerprint density at radius 1 is 1.42 bits per heavy atom. The van der Waals surface area contributed by atoms with E-state index in [4.69, 9.17) is 0 Å². The molecular weight excluding hydrogens is 218 g/mol. The molecule has 0 radical (unpaired) electrons. The summed E-state index contributed by atoms with van der Waals surface area (Å²) in [6, 6.07) is 7.56. The van der Waals surface area contributed by atoms with E-state index in [0.29, 0.717) is 0 Å². The average Bonchev–Trinajstić information content (AvgIpc) is 2.06. The highest BCUT2D eigenvalue weighted by atomic mass is 79.9. The first-order valence-electron chi connectivity index (χ1n) is 3.56. The van der Waals surface area contributed by atoms with Crippen LogP contribution < -0.4 is 22.3 Å². The molecule has 0 saturated heterocycles. The molecule has 0 atom stereocenters. The molecule has 0 aliphatic carbocycles. The van der Waals surface area contributed by atoms with Crippen LogP contribution in [0.15, 0.2) is 24.3 Å². The van der Waals surface area contributed by atoms with Crippen LogP contribution in [0.25, 0.3) is 0 Å². The molecule has 0 fully saturated rings. The molecule has 12 heavy (non-hydrogen) atoms. The van der Waals surface area contributed by atoms with Crippen LogP contribution in [0.3, 0.4) is 0 Å². The molecule has 0 bridgehead atoms. The molecule has 0 saturated carbocycles. The summed E-state index contributed by atoms with van der Waals surface area (Å²) in [6.07, 6.45) is 0.882. The number of rotatable bonds is 3. The monoisotopic (exact) mass is 228 g/mol. The summed E-state index contributed by atoms with van der Waals surface area (Å²) in [5.41, 5.74) is 1.81. The first-order chi connectivity index (χ1) is 5.38. The van der Waals surface area contributed by atoms with Crippen molar-refractivity contribution in [3.8, 4) is 0 Å². The Hall–Kier alpha value is -0.670. The van der Waals surface area contributed by atoms with Crippen molar-refractivity contribution < 1.29 is 21.8 Å². The molecular formula is C9H11BrNO-. The van der Waals surface area contributed by atoms with Crippen molar-refractivity contribution in [1.29, 1.82) is 0 Å². The summed E-state index contributed by atoms with van der Waals surface area (Å²) < 4.78 is 0. The Morgan fingerprint density at radius 2 is 2.08 bits per heavy atom. The minimum atomic E-state index is 0. The number of aldehydes is 1. The van der Waals surface area contributed by atoms with E-state index in [1.54, 1.807) is 0 Å². The Bertz CT molecular complexity index is 250. The summed E-state index contributed by atoms with van der Waals surface area (Å²) >= 11 is 0. The number of benzene rings is 1. The maximum Gasteiger partial charge on any atom is 0.150 e. The standard InChI is InChI=1S/C9H11NO.BrH/c1-10-6-8-4-2-3-5-9(8)7-11;/h2-5,7,10H,6H2,1H3;1H/p-1. The van der Waals surface area contributed by atoms with Crippen molar-refractivity contribution in [1.82, 2.24) is 5.32 Å². The van der Waals surface area contributed by atoms with Crippen LogP contribution in [0, 0.1) is 0 Å². The number of hydrogen-bond donors (Lipinski definition) is 1. The molecule has 0 aliphatic rings. The summed E-state index contributed by atoms with van der Waals surface area (Å²) in [5, 5.41) is 3.00. The van der Waals surface area contributed by atoms with E-state index in [1.165, 1.54) is 0 Å². The number of carbonyl (C=O) groups excluding carboxylic acids is 1. The van der Waals surface area contributed by atoms with Gasteiger partial charge in [0.15, 0.2) is 0 Å². The van der Waals surface area contributed by atoms with Gasteiger partial charge in [0.05, 0.1) is 0 Å². The van der Waals surface area contributed by atoms with E-state index in [2.05, 4.69) is 5.32 Å². The predicted octanol–water partition coefficient (Wildman–Crippen LogP) is -1.78. The van der Waals surface area contributed by atoms with Crippen LogP contribution >= 0.6 is 0 Å². The lowest BCUT2D eigenvalue weighted by molar-refractivity contribution is -0.00000878. The predicted molar refractivity (Wildman–Crippen MR) is 44.6 cm³/mol. The molecule has 1 aromatic rings. The van der Waals surface area contributed by atoms with Crippen LogP contribution in [0.2, 0.25) is 0 Å². The Labute approximate surface area is 82.8 Å². The zero-order valence-electron chi connectivity index (χ0n) is 6.88. The Balaban J connectivity index is 0.00000121. The molecule has 0 aliphatic heterocycles. The van der Waals surface area contributed by atoms with Crippen molar-refractivity contribution in [2.24, 2.45) is 0 Å². The maximum atomic E-state index is 10.5. The molecule has 1 N–H and O–H groups in total. The maximum absolute atomic E-state index is 10.5. The van der Waals surface area contributed by atoms with Gasteiger partial charge in [0, 0.05) is 12.1 Å².